The first-order chi connectivity index (χ1) is 11.5. The van der Waals surface area contributed by atoms with Crippen LogP contribution in [-0.4, -0.2) is 44.7 Å². The van der Waals surface area contributed by atoms with Gasteiger partial charge in [0.05, 0.1) is 19.9 Å². The Hall–Kier alpha value is -1.54. The van der Waals surface area contributed by atoms with E-state index in [1.165, 1.54) is 11.3 Å². The van der Waals surface area contributed by atoms with Gasteiger partial charge in [0.1, 0.15) is 9.88 Å². The second-order valence-electron chi connectivity index (χ2n) is 5.40. The Morgan fingerprint density at radius 3 is 2.46 bits per heavy atom. The number of benzene rings is 1. The van der Waals surface area contributed by atoms with E-state index >= 15 is 0 Å². The summed E-state index contributed by atoms with van der Waals surface area (Å²) in [6.07, 6.45) is 0. The van der Waals surface area contributed by atoms with Crippen LogP contribution < -0.4 is 20.1 Å². The lowest BCUT2D eigenvalue weighted by Crippen LogP contribution is -2.37. The predicted octanol–water partition coefficient (Wildman–Crippen LogP) is 3.32. The lowest BCUT2D eigenvalue weighted by Gasteiger charge is -2.10. The molecule has 26 heavy (non-hydrogen) atoms. The number of carbonyl (C=O) groups is 1. The molecule has 0 fully saturated rings. The smallest absolute Gasteiger partial charge is 0.263 e. The maximum absolute atomic E-state index is 12.3. The molecule has 0 aliphatic carbocycles. The molecule has 1 unspecified atom stereocenters. The molecule has 9 heteroatoms. The topological polar surface area (TPSA) is 72.5 Å². The third kappa shape index (κ3) is 5.74. The second-order valence-corrected chi connectivity index (χ2v) is 6.40. The molecule has 0 radical (unpaired) electrons. The molecule has 0 saturated heterocycles. The maximum atomic E-state index is 12.3. The summed E-state index contributed by atoms with van der Waals surface area (Å²) in [5.41, 5.74) is 1.61. The molecular weight excluding hydrogens is 397 g/mol. The van der Waals surface area contributed by atoms with Crippen molar-refractivity contribution >= 4 is 42.1 Å². The molecule has 146 valence electrons. The largest absolute Gasteiger partial charge is 0.493 e. The van der Waals surface area contributed by atoms with Crippen molar-refractivity contribution < 1.29 is 14.3 Å². The van der Waals surface area contributed by atoms with E-state index in [1.54, 1.807) is 14.2 Å². The van der Waals surface area contributed by atoms with Crippen molar-refractivity contribution in [2.45, 2.75) is 19.9 Å². The van der Waals surface area contributed by atoms with Crippen LogP contribution in [0.15, 0.2) is 18.2 Å². The summed E-state index contributed by atoms with van der Waals surface area (Å²) in [7, 11) is 5.06. The lowest BCUT2D eigenvalue weighted by atomic mass is 10.2. The molecule has 1 heterocycles. The summed E-state index contributed by atoms with van der Waals surface area (Å²) in [5.74, 6) is 1.20. The van der Waals surface area contributed by atoms with E-state index in [2.05, 4.69) is 15.6 Å². The number of aromatic nitrogens is 1. The lowest BCUT2D eigenvalue weighted by molar-refractivity contribution is 0.0954. The van der Waals surface area contributed by atoms with Crippen LogP contribution in [-0.2, 0) is 0 Å². The molecule has 0 aliphatic rings. The van der Waals surface area contributed by atoms with Crippen LogP contribution in [0, 0.1) is 6.92 Å². The van der Waals surface area contributed by atoms with Gasteiger partial charge in [0.2, 0.25) is 0 Å². The standard InChI is InChI=1S/C17H23N3O3S.2ClH/c1-10(18-3)9-19-16(21)15-11(2)20-17(24-15)12-6-7-13(22-4)14(8-12)23-5;;/h6-8,10,18H,9H2,1-5H3,(H,19,21);2*1H. The minimum Gasteiger partial charge on any atom is -0.493 e. The van der Waals surface area contributed by atoms with Gasteiger partial charge in [-0.05, 0) is 39.1 Å². The minimum absolute atomic E-state index is 0. The van der Waals surface area contributed by atoms with Crippen LogP contribution >= 0.6 is 36.2 Å². The number of ether oxygens (including phenoxy) is 2. The Morgan fingerprint density at radius 2 is 1.88 bits per heavy atom. The van der Waals surface area contributed by atoms with E-state index < -0.39 is 0 Å². The molecule has 1 amide bonds. The van der Waals surface area contributed by atoms with E-state index in [1.807, 2.05) is 39.1 Å². The monoisotopic (exact) mass is 421 g/mol. The van der Waals surface area contributed by atoms with Crippen LogP contribution in [0.3, 0.4) is 0 Å². The van der Waals surface area contributed by atoms with Gasteiger partial charge in [0, 0.05) is 18.2 Å². The molecule has 0 bridgehead atoms. The van der Waals surface area contributed by atoms with Crippen LogP contribution in [0.5, 0.6) is 11.5 Å². The van der Waals surface area contributed by atoms with E-state index in [4.69, 9.17) is 9.47 Å². The Labute approximate surface area is 170 Å². The van der Waals surface area contributed by atoms with Crippen molar-refractivity contribution in [3.8, 4) is 22.1 Å². The zero-order chi connectivity index (χ0) is 17.7. The molecule has 0 spiro atoms. The summed E-state index contributed by atoms with van der Waals surface area (Å²) in [6, 6.07) is 5.82. The van der Waals surface area contributed by atoms with Crippen molar-refractivity contribution in [2.75, 3.05) is 27.8 Å². The number of rotatable bonds is 7. The zero-order valence-corrected chi connectivity index (χ0v) is 17.9. The van der Waals surface area contributed by atoms with E-state index in [0.717, 1.165) is 16.3 Å². The number of methoxy groups -OCH3 is 2. The summed E-state index contributed by atoms with van der Waals surface area (Å²) < 4.78 is 10.6. The summed E-state index contributed by atoms with van der Waals surface area (Å²) in [4.78, 5) is 17.5. The SMILES string of the molecule is CNC(C)CNC(=O)c1sc(-c2ccc(OC)c(OC)c2)nc1C.Cl.Cl. The molecule has 2 aromatic rings. The highest BCUT2D eigenvalue weighted by molar-refractivity contribution is 7.17. The van der Waals surface area contributed by atoms with Crippen LogP contribution in [0.25, 0.3) is 10.6 Å². The molecule has 2 rings (SSSR count). The number of carbonyl (C=O) groups excluding carboxylic acids is 1. The first kappa shape index (κ1) is 24.5. The van der Waals surface area contributed by atoms with Crippen molar-refractivity contribution in [1.29, 1.82) is 0 Å². The van der Waals surface area contributed by atoms with Crippen molar-refractivity contribution in [3.05, 3.63) is 28.8 Å². The molecule has 1 aromatic carbocycles. The summed E-state index contributed by atoms with van der Waals surface area (Å²) in [5, 5.41) is 6.79. The molecule has 2 N–H and O–H groups in total. The van der Waals surface area contributed by atoms with Crippen molar-refractivity contribution in [2.24, 2.45) is 0 Å². The molecule has 6 nitrogen and oxygen atoms in total. The molecule has 1 aromatic heterocycles. The molecule has 1 atom stereocenters. The minimum atomic E-state index is -0.0983. The van der Waals surface area contributed by atoms with Crippen molar-refractivity contribution in [3.63, 3.8) is 0 Å². The first-order valence-electron chi connectivity index (χ1n) is 7.65. The zero-order valence-electron chi connectivity index (χ0n) is 15.4. The number of hydrogen-bond acceptors (Lipinski definition) is 6. The second kappa shape index (κ2) is 11.2. The fourth-order valence-electron chi connectivity index (χ4n) is 2.13. The summed E-state index contributed by atoms with van der Waals surface area (Å²) >= 11 is 1.37. The number of likely N-dealkylation sites (N-methyl/N-ethyl adjacent to an activating group) is 1. The third-order valence-corrected chi connectivity index (χ3v) is 4.90. The Bertz CT molecular complexity index is 725. The quantitative estimate of drug-likeness (QED) is 0.716. The molecule has 0 saturated carbocycles. The fourth-order valence-corrected chi connectivity index (χ4v) is 3.11. The summed E-state index contributed by atoms with van der Waals surface area (Å²) in [6.45, 7) is 4.42. The predicted molar refractivity (Wildman–Crippen MR) is 111 cm³/mol. The van der Waals surface area contributed by atoms with Gasteiger partial charge in [-0.15, -0.1) is 36.2 Å². The average molecular weight is 422 g/mol. The van der Waals surface area contributed by atoms with Crippen LogP contribution in [0.1, 0.15) is 22.3 Å². The average Bonchev–Trinajstić information content (AvgIpc) is 3.00. The van der Waals surface area contributed by atoms with Gasteiger partial charge in [-0.25, -0.2) is 4.98 Å². The van der Waals surface area contributed by atoms with Gasteiger partial charge < -0.3 is 20.1 Å². The number of amides is 1. The van der Waals surface area contributed by atoms with E-state index in [0.29, 0.717) is 22.9 Å². The van der Waals surface area contributed by atoms with E-state index in [-0.39, 0.29) is 36.8 Å². The number of nitrogens with one attached hydrogen (secondary N) is 2. The van der Waals surface area contributed by atoms with Gasteiger partial charge >= 0.3 is 0 Å². The Kier molecular flexibility index (Phi) is 10.6. The highest BCUT2D eigenvalue weighted by atomic mass is 35.5. The normalized spacial score (nSPS) is 11.0. The Balaban J connectivity index is 0.00000312. The van der Waals surface area contributed by atoms with Gasteiger partial charge in [-0.3, -0.25) is 4.79 Å². The first-order valence-corrected chi connectivity index (χ1v) is 8.47. The number of nitrogens with zero attached hydrogens (tertiary/aromatic N) is 1. The number of hydrogen-bond donors (Lipinski definition) is 2. The third-order valence-electron chi connectivity index (χ3n) is 3.69. The van der Waals surface area contributed by atoms with Crippen LogP contribution in [0.4, 0.5) is 0 Å². The molecular formula is C17H25Cl2N3O3S. The van der Waals surface area contributed by atoms with Gasteiger partial charge in [-0.2, -0.15) is 0 Å². The highest BCUT2D eigenvalue weighted by Gasteiger charge is 2.17. The van der Waals surface area contributed by atoms with E-state index in [9.17, 15) is 4.79 Å². The Morgan fingerprint density at radius 1 is 1.23 bits per heavy atom. The van der Waals surface area contributed by atoms with Gasteiger partial charge in [-0.1, -0.05) is 0 Å². The molecule has 0 aliphatic heterocycles. The van der Waals surface area contributed by atoms with Gasteiger partial charge in [0.15, 0.2) is 11.5 Å². The highest BCUT2D eigenvalue weighted by Crippen LogP contribution is 2.34. The van der Waals surface area contributed by atoms with Gasteiger partial charge in [0.25, 0.3) is 5.91 Å². The number of aryl methyl sites for hydroxylation is 1. The fraction of sp³-hybridized carbons (Fsp3) is 0.412. The van der Waals surface area contributed by atoms with Crippen molar-refractivity contribution in [1.82, 2.24) is 15.6 Å². The maximum Gasteiger partial charge on any atom is 0.263 e. The number of halogens is 2. The van der Waals surface area contributed by atoms with Crippen LogP contribution in [0.2, 0.25) is 0 Å². The number of thiazole rings is 1.